The van der Waals surface area contributed by atoms with Crippen LogP contribution in [0.15, 0.2) is 18.2 Å². The zero-order valence-corrected chi connectivity index (χ0v) is 12.6. The number of ether oxygens (including phenoxy) is 2. The van der Waals surface area contributed by atoms with Gasteiger partial charge >= 0.3 is 6.03 Å². The minimum absolute atomic E-state index is 0.224. The van der Waals surface area contributed by atoms with Crippen LogP contribution in [0.3, 0.4) is 0 Å². The Bertz CT molecular complexity index is 512. The van der Waals surface area contributed by atoms with Crippen molar-refractivity contribution in [2.75, 3.05) is 26.1 Å². The van der Waals surface area contributed by atoms with Crippen LogP contribution in [0.2, 0.25) is 0 Å². The number of urea groups is 1. The molecule has 6 nitrogen and oxygen atoms in total. The van der Waals surface area contributed by atoms with Crippen LogP contribution in [0.25, 0.3) is 0 Å². The minimum Gasteiger partial charge on any atom is -0.497 e. The van der Waals surface area contributed by atoms with Gasteiger partial charge in [-0.3, -0.25) is 0 Å². The summed E-state index contributed by atoms with van der Waals surface area (Å²) in [7, 11) is 3.09. The van der Waals surface area contributed by atoms with Crippen molar-refractivity contribution in [3.63, 3.8) is 0 Å². The Morgan fingerprint density at radius 2 is 2.10 bits per heavy atom. The molecule has 6 heteroatoms. The zero-order chi connectivity index (χ0) is 15.5. The number of nitrogens with one attached hydrogen (secondary N) is 2. The second-order valence-electron chi connectivity index (χ2n) is 5.51. The summed E-state index contributed by atoms with van der Waals surface area (Å²) in [6.45, 7) is 1.97. The first kappa shape index (κ1) is 15.4. The van der Waals surface area contributed by atoms with Gasteiger partial charge in [0.05, 0.1) is 25.5 Å². The van der Waals surface area contributed by atoms with E-state index in [0.29, 0.717) is 17.2 Å². The maximum absolute atomic E-state index is 11.9. The van der Waals surface area contributed by atoms with Gasteiger partial charge in [0.25, 0.3) is 0 Å². The molecule has 0 radical (unpaired) electrons. The molecule has 0 spiro atoms. The average molecular weight is 294 g/mol. The third-order valence-corrected chi connectivity index (χ3v) is 3.72. The van der Waals surface area contributed by atoms with E-state index in [1.807, 2.05) is 0 Å². The quantitative estimate of drug-likeness (QED) is 0.749. The molecular formula is C15H22N2O4. The van der Waals surface area contributed by atoms with E-state index in [-0.39, 0.29) is 18.5 Å². The van der Waals surface area contributed by atoms with Crippen LogP contribution in [-0.2, 0) is 0 Å². The van der Waals surface area contributed by atoms with E-state index in [4.69, 9.17) is 9.47 Å². The van der Waals surface area contributed by atoms with Crippen LogP contribution in [0, 0.1) is 5.92 Å². The van der Waals surface area contributed by atoms with Gasteiger partial charge in [0.1, 0.15) is 11.5 Å². The third-order valence-electron chi connectivity index (χ3n) is 3.72. The Kier molecular flexibility index (Phi) is 4.57. The fourth-order valence-corrected chi connectivity index (χ4v) is 2.18. The van der Waals surface area contributed by atoms with Gasteiger partial charge in [0.2, 0.25) is 0 Å². The Morgan fingerprint density at radius 1 is 1.38 bits per heavy atom. The number of rotatable bonds is 6. The molecule has 1 aliphatic carbocycles. The molecule has 0 unspecified atom stereocenters. The van der Waals surface area contributed by atoms with Crippen LogP contribution in [0.5, 0.6) is 11.5 Å². The van der Waals surface area contributed by atoms with E-state index < -0.39 is 5.60 Å². The number of carbonyl (C=O) groups excluding carboxylic acids is 1. The fraction of sp³-hybridized carbons (Fsp3) is 0.533. The van der Waals surface area contributed by atoms with Crippen LogP contribution in [-0.4, -0.2) is 37.5 Å². The van der Waals surface area contributed by atoms with Crippen LogP contribution in [0.4, 0.5) is 10.5 Å². The van der Waals surface area contributed by atoms with Crippen molar-refractivity contribution in [3.05, 3.63) is 18.2 Å². The lowest BCUT2D eigenvalue weighted by molar-refractivity contribution is 0.0398. The van der Waals surface area contributed by atoms with E-state index >= 15 is 0 Å². The first-order valence-corrected chi connectivity index (χ1v) is 6.95. The monoisotopic (exact) mass is 294 g/mol. The molecule has 1 saturated carbocycles. The number of aliphatic hydroxyl groups is 1. The molecule has 0 bridgehead atoms. The standard InChI is InChI=1S/C15H22N2O4/c1-15(19,10-4-5-10)9-16-14(18)17-12-7-6-11(20-2)8-13(12)21-3/h6-8,10,19H,4-5,9H2,1-3H3,(H2,16,17,18)/t15-/m0/s1. The van der Waals surface area contributed by atoms with Gasteiger partial charge in [-0.05, 0) is 37.8 Å². The van der Waals surface area contributed by atoms with Crippen LogP contribution >= 0.6 is 0 Å². The minimum atomic E-state index is -0.846. The van der Waals surface area contributed by atoms with Crippen molar-refractivity contribution in [2.45, 2.75) is 25.4 Å². The summed E-state index contributed by atoms with van der Waals surface area (Å²) in [5.41, 5.74) is -0.303. The van der Waals surface area contributed by atoms with Crippen molar-refractivity contribution in [2.24, 2.45) is 5.92 Å². The number of amides is 2. The predicted molar refractivity (Wildman–Crippen MR) is 79.9 cm³/mol. The second-order valence-corrected chi connectivity index (χ2v) is 5.51. The summed E-state index contributed by atoms with van der Waals surface area (Å²) in [4.78, 5) is 11.9. The van der Waals surface area contributed by atoms with E-state index in [1.165, 1.54) is 7.11 Å². The fourth-order valence-electron chi connectivity index (χ4n) is 2.18. The van der Waals surface area contributed by atoms with Gasteiger partial charge in [-0.2, -0.15) is 0 Å². The Morgan fingerprint density at radius 3 is 2.67 bits per heavy atom. The number of benzene rings is 1. The highest BCUT2D eigenvalue weighted by Crippen LogP contribution is 2.39. The first-order chi connectivity index (χ1) is 9.96. The Balaban J connectivity index is 1.93. The first-order valence-electron chi connectivity index (χ1n) is 6.95. The molecule has 0 heterocycles. The van der Waals surface area contributed by atoms with E-state index in [1.54, 1.807) is 32.2 Å². The molecule has 1 fully saturated rings. The molecule has 0 aliphatic heterocycles. The maximum atomic E-state index is 11.9. The lowest BCUT2D eigenvalue weighted by Gasteiger charge is -2.23. The normalized spacial score (nSPS) is 16.8. The number of methoxy groups -OCH3 is 2. The van der Waals surface area contributed by atoms with Crippen LogP contribution in [0.1, 0.15) is 19.8 Å². The molecule has 2 rings (SSSR count). The van der Waals surface area contributed by atoms with Crippen molar-refractivity contribution >= 4 is 11.7 Å². The highest BCUT2D eigenvalue weighted by Gasteiger charge is 2.39. The molecule has 1 aromatic carbocycles. The SMILES string of the molecule is COc1ccc(NC(=O)NC[C@](C)(O)C2CC2)c(OC)c1. The van der Waals surface area contributed by atoms with Crippen molar-refractivity contribution < 1.29 is 19.4 Å². The molecule has 3 N–H and O–H groups in total. The third kappa shape index (κ3) is 4.01. The van der Waals surface area contributed by atoms with Crippen molar-refractivity contribution in [3.8, 4) is 11.5 Å². The van der Waals surface area contributed by atoms with Gasteiger partial charge in [-0.1, -0.05) is 0 Å². The number of hydrogen-bond acceptors (Lipinski definition) is 4. The molecule has 1 atom stereocenters. The number of hydrogen-bond donors (Lipinski definition) is 3. The summed E-state index contributed by atoms with van der Waals surface area (Å²) in [6.07, 6.45) is 2.03. The van der Waals surface area contributed by atoms with Crippen LogP contribution < -0.4 is 20.1 Å². The average Bonchev–Trinajstić information content (AvgIpc) is 3.31. The Hall–Kier alpha value is -1.95. The molecule has 0 aromatic heterocycles. The van der Waals surface area contributed by atoms with Gasteiger partial charge in [0, 0.05) is 12.6 Å². The van der Waals surface area contributed by atoms with Gasteiger partial charge in [-0.15, -0.1) is 0 Å². The second kappa shape index (κ2) is 6.22. The molecule has 21 heavy (non-hydrogen) atoms. The van der Waals surface area contributed by atoms with E-state index in [9.17, 15) is 9.90 Å². The lowest BCUT2D eigenvalue weighted by Crippen LogP contribution is -2.43. The summed E-state index contributed by atoms with van der Waals surface area (Å²) in [5, 5.41) is 15.5. The molecule has 116 valence electrons. The van der Waals surface area contributed by atoms with Gasteiger partial charge in [0.15, 0.2) is 0 Å². The molecular weight excluding hydrogens is 272 g/mol. The van der Waals surface area contributed by atoms with E-state index in [2.05, 4.69) is 10.6 Å². The highest BCUT2D eigenvalue weighted by atomic mass is 16.5. The molecule has 2 amide bonds. The summed E-state index contributed by atoms with van der Waals surface area (Å²) in [5.74, 6) is 1.45. The van der Waals surface area contributed by atoms with Crippen molar-refractivity contribution in [1.29, 1.82) is 0 Å². The van der Waals surface area contributed by atoms with Gasteiger partial charge in [-0.25, -0.2) is 4.79 Å². The smallest absolute Gasteiger partial charge is 0.319 e. The zero-order valence-electron chi connectivity index (χ0n) is 12.6. The summed E-state index contributed by atoms with van der Waals surface area (Å²) >= 11 is 0. The Labute approximate surface area is 124 Å². The topological polar surface area (TPSA) is 79.8 Å². The predicted octanol–water partition coefficient (Wildman–Crippen LogP) is 1.99. The largest absolute Gasteiger partial charge is 0.497 e. The molecule has 1 aromatic rings. The number of anilines is 1. The summed E-state index contributed by atoms with van der Waals surface area (Å²) in [6, 6.07) is 4.75. The summed E-state index contributed by atoms with van der Waals surface area (Å²) < 4.78 is 10.3. The lowest BCUT2D eigenvalue weighted by atomic mass is 10.0. The molecule has 1 aliphatic rings. The molecule has 0 saturated heterocycles. The van der Waals surface area contributed by atoms with Gasteiger partial charge < -0.3 is 25.2 Å². The van der Waals surface area contributed by atoms with Crippen molar-refractivity contribution in [1.82, 2.24) is 5.32 Å². The maximum Gasteiger partial charge on any atom is 0.319 e. The highest BCUT2D eigenvalue weighted by molar-refractivity contribution is 5.91. The number of carbonyl (C=O) groups is 1. The van der Waals surface area contributed by atoms with E-state index in [0.717, 1.165) is 12.8 Å².